The van der Waals surface area contributed by atoms with E-state index in [2.05, 4.69) is 11.8 Å². The van der Waals surface area contributed by atoms with Crippen LogP contribution < -0.4 is 0 Å². The lowest BCUT2D eigenvalue weighted by Crippen LogP contribution is -2.00. The fourth-order valence-electron chi connectivity index (χ4n) is 2.06. The maximum Gasteiger partial charge on any atom is 0.446 e. The van der Waals surface area contributed by atoms with Crippen LogP contribution in [0.4, 0.5) is 17.6 Å². The number of halogens is 4. The highest BCUT2D eigenvalue weighted by Crippen LogP contribution is 2.38. The fourth-order valence-corrected chi connectivity index (χ4v) is 2.71. The molecule has 1 aliphatic rings. The second-order valence-electron chi connectivity index (χ2n) is 4.44. The molecule has 0 atom stereocenters. The maximum atomic E-state index is 13.0. The second kappa shape index (κ2) is 5.87. The molecule has 0 radical (unpaired) electrons. The number of thioether (sulfide) groups is 1. The summed E-state index contributed by atoms with van der Waals surface area (Å²) in [6.07, 6.45) is 4.23. The minimum Gasteiger partial charge on any atom is -0.207 e. The van der Waals surface area contributed by atoms with E-state index in [1.165, 1.54) is 6.07 Å². The molecule has 0 amide bonds. The molecule has 1 saturated carbocycles. The quantitative estimate of drug-likeness (QED) is 0.399. The molecule has 1 aliphatic carbocycles. The smallest absolute Gasteiger partial charge is 0.207 e. The van der Waals surface area contributed by atoms with Gasteiger partial charge in [0.05, 0.1) is 0 Å². The van der Waals surface area contributed by atoms with Crippen molar-refractivity contribution in [1.82, 2.24) is 0 Å². The first-order chi connectivity index (χ1) is 8.94. The molecule has 1 aromatic rings. The molecule has 2 rings (SSSR count). The summed E-state index contributed by atoms with van der Waals surface area (Å²) in [5.74, 6) is 5.33. The first-order valence-corrected chi connectivity index (χ1v) is 6.82. The average Bonchev–Trinajstić information content (AvgIpc) is 2.78. The van der Waals surface area contributed by atoms with Crippen LogP contribution in [0.2, 0.25) is 0 Å². The molecule has 0 aliphatic heterocycles. The summed E-state index contributed by atoms with van der Waals surface area (Å²) in [5.41, 5.74) is -4.19. The van der Waals surface area contributed by atoms with Gasteiger partial charge in [-0.25, -0.2) is 4.39 Å². The van der Waals surface area contributed by atoms with Crippen LogP contribution in [0.1, 0.15) is 31.2 Å². The summed E-state index contributed by atoms with van der Waals surface area (Å²) in [6, 6.07) is 3.33. The summed E-state index contributed by atoms with van der Waals surface area (Å²) in [5, 5.41) is 0. The second-order valence-corrected chi connectivity index (χ2v) is 5.55. The third-order valence-electron chi connectivity index (χ3n) is 2.94. The van der Waals surface area contributed by atoms with E-state index in [9.17, 15) is 17.6 Å². The number of benzene rings is 1. The predicted molar refractivity (Wildman–Crippen MR) is 67.1 cm³/mol. The fraction of sp³-hybridized carbons (Fsp3) is 0.429. The van der Waals surface area contributed by atoms with Gasteiger partial charge in [-0.3, -0.25) is 0 Å². The summed E-state index contributed by atoms with van der Waals surface area (Å²) >= 11 is -0.318. The third-order valence-corrected chi connectivity index (χ3v) is 3.72. The molecule has 1 fully saturated rings. The Kier molecular flexibility index (Phi) is 4.41. The van der Waals surface area contributed by atoms with Crippen LogP contribution in [-0.4, -0.2) is 5.51 Å². The Morgan fingerprint density at radius 2 is 1.84 bits per heavy atom. The van der Waals surface area contributed by atoms with Crippen molar-refractivity contribution in [3.63, 3.8) is 0 Å². The first kappa shape index (κ1) is 14.3. The Hall–Kier alpha value is -1.15. The standard InChI is InChI=1S/C14H12F4S/c15-12-8-7-11(6-5-10-3-1-2-4-10)13(9-12)19-14(16,17)18/h7-10H,1-4H2. The summed E-state index contributed by atoms with van der Waals surface area (Å²) in [4.78, 5) is -0.169. The Labute approximate surface area is 113 Å². The third kappa shape index (κ3) is 4.46. The van der Waals surface area contributed by atoms with Crippen molar-refractivity contribution < 1.29 is 17.6 Å². The van der Waals surface area contributed by atoms with Gasteiger partial charge in [0.1, 0.15) is 5.82 Å². The average molecular weight is 288 g/mol. The number of hydrogen-bond acceptors (Lipinski definition) is 1. The summed E-state index contributed by atoms with van der Waals surface area (Å²) in [7, 11) is 0. The van der Waals surface area contributed by atoms with Crippen LogP contribution in [0.3, 0.4) is 0 Å². The zero-order chi connectivity index (χ0) is 13.9. The van der Waals surface area contributed by atoms with Crippen molar-refractivity contribution in [1.29, 1.82) is 0 Å². The molecule has 1 aromatic carbocycles. The largest absolute Gasteiger partial charge is 0.446 e. The van der Waals surface area contributed by atoms with Gasteiger partial charge in [0.25, 0.3) is 0 Å². The lowest BCUT2D eigenvalue weighted by molar-refractivity contribution is -0.0328. The molecule has 102 valence electrons. The highest BCUT2D eigenvalue weighted by Gasteiger charge is 2.30. The molecular weight excluding hydrogens is 276 g/mol. The maximum absolute atomic E-state index is 13.0. The summed E-state index contributed by atoms with van der Waals surface area (Å²) < 4.78 is 50.2. The van der Waals surface area contributed by atoms with Gasteiger partial charge < -0.3 is 0 Å². The van der Waals surface area contributed by atoms with Crippen LogP contribution in [0.15, 0.2) is 23.1 Å². The van der Waals surface area contributed by atoms with E-state index in [0.717, 1.165) is 37.8 Å². The van der Waals surface area contributed by atoms with E-state index in [0.29, 0.717) is 0 Å². The van der Waals surface area contributed by atoms with Crippen LogP contribution in [0.5, 0.6) is 0 Å². The van der Waals surface area contributed by atoms with Crippen molar-refractivity contribution in [2.45, 2.75) is 36.1 Å². The zero-order valence-electron chi connectivity index (χ0n) is 10.1. The Morgan fingerprint density at radius 3 is 2.47 bits per heavy atom. The van der Waals surface area contributed by atoms with Crippen LogP contribution in [-0.2, 0) is 0 Å². The monoisotopic (exact) mass is 288 g/mol. The minimum atomic E-state index is -4.43. The molecule has 19 heavy (non-hydrogen) atoms. The van der Waals surface area contributed by atoms with Gasteiger partial charge in [-0.05, 0) is 42.8 Å². The van der Waals surface area contributed by atoms with Gasteiger partial charge in [-0.1, -0.05) is 24.7 Å². The van der Waals surface area contributed by atoms with Gasteiger partial charge in [-0.2, -0.15) is 13.2 Å². The van der Waals surface area contributed by atoms with Crippen molar-refractivity contribution in [3.8, 4) is 11.8 Å². The molecule has 0 unspecified atom stereocenters. The van der Waals surface area contributed by atoms with Crippen LogP contribution in [0, 0.1) is 23.6 Å². The number of hydrogen-bond donors (Lipinski definition) is 0. The number of alkyl halides is 3. The lowest BCUT2D eigenvalue weighted by Gasteiger charge is -2.07. The molecule has 0 heterocycles. The van der Waals surface area contributed by atoms with Crippen molar-refractivity contribution >= 4 is 11.8 Å². The molecule has 0 bridgehead atoms. The highest BCUT2D eigenvalue weighted by atomic mass is 32.2. The van der Waals surface area contributed by atoms with E-state index in [1.54, 1.807) is 0 Å². The van der Waals surface area contributed by atoms with E-state index in [1.807, 2.05) is 0 Å². The van der Waals surface area contributed by atoms with Crippen LogP contribution in [0.25, 0.3) is 0 Å². The zero-order valence-corrected chi connectivity index (χ0v) is 10.9. The van der Waals surface area contributed by atoms with E-state index >= 15 is 0 Å². The van der Waals surface area contributed by atoms with Gasteiger partial charge in [0.15, 0.2) is 0 Å². The molecule has 5 heteroatoms. The van der Waals surface area contributed by atoms with Crippen molar-refractivity contribution in [3.05, 3.63) is 29.6 Å². The lowest BCUT2D eigenvalue weighted by atomic mass is 10.1. The van der Waals surface area contributed by atoms with Gasteiger partial charge >= 0.3 is 5.51 Å². The summed E-state index contributed by atoms with van der Waals surface area (Å²) in [6.45, 7) is 0. The molecule has 0 saturated heterocycles. The molecule has 0 aromatic heterocycles. The SMILES string of the molecule is Fc1ccc(C#CC2CCCC2)c(SC(F)(F)F)c1. The van der Waals surface area contributed by atoms with E-state index in [-0.39, 0.29) is 28.1 Å². The first-order valence-electron chi connectivity index (χ1n) is 6.01. The normalized spacial score (nSPS) is 16.2. The van der Waals surface area contributed by atoms with Gasteiger partial charge in [-0.15, -0.1) is 0 Å². The predicted octanol–water partition coefficient (Wildman–Crippen LogP) is 4.98. The van der Waals surface area contributed by atoms with Crippen LogP contribution >= 0.6 is 11.8 Å². The Bertz CT molecular complexity index is 504. The van der Waals surface area contributed by atoms with E-state index < -0.39 is 11.3 Å². The van der Waals surface area contributed by atoms with Gasteiger partial charge in [0, 0.05) is 16.4 Å². The molecule has 0 nitrogen and oxygen atoms in total. The Balaban J connectivity index is 2.23. The van der Waals surface area contributed by atoms with Crippen molar-refractivity contribution in [2.24, 2.45) is 5.92 Å². The molecule has 0 N–H and O–H groups in total. The number of rotatable bonds is 1. The Morgan fingerprint density at radius 1 is 1.16 bits per heavy atom. The topological polar surface area (TPSA) is 0 Å². The van der Waals surface area contributed by atoms with E-state index in [4.69, 9.17) is 0 Å². The van der Waals surface area contributed by atoms with Crippen molar-refractivity contribution in [2.75, 3.05) is 0 Å². The highest BCUT2D eigenvalue weighted by molar-refractivity contribution is 8.00. The molecule has 0 spiro atoms. The molecular formula is C14H12F4S. The van der Waals surface area contributed by atoms with Gasteiger partial charge in [0.2, 0.25) is 0 Å². The minimum absolute atomic E-state index is 0.169.